The number of aliphatic hydroxyl groups is 4. The van der Waals surface area contributed by atoms with Crippen LogP contribution in [0.2, 0.25) is 0 Å². The Labute approximate surface area is 298 Å². The summed E-state index contributed by atoms with van der Waals surface area (Å²) in [5, 5.41) is 35.4. The van der Waals surface area contributed by atoms with Gasteiger partial charge in [-0.15, -0.1) is 0 Å². The van der Waals surface area contributed by atoms with Crippen LogP contribution in [0.4, 0.5) is 52.7 Å². The molecule has 34 heteroatoms. The third-order valence-electron chi connectivity index (χ3n) is 5.05. The van der Waals surface area contributed by atoms with Crippen LogP contribution in [0.3, 0.4) is 0 Å². The van der Waals surface area contributed by atoms with Gasteiger partial charge in [-0.3, -0.25) is 0 Å². The maximum absolute atomic E-state index is 11.4. The summed E-state index contributed by atoms with van der Waals surface area (Å²) in [6.45, 7) is 6.45. The average Bonchev–Trinajstić information content (AvgIpc) is 3.63. The fraction of sp³-hybridized carbons (Fsp3) is 0.700. The van der Waals surface area contributed by atoms with Crippen LogP contribution >= 0.6 is 0 Å². The van der Waals surface area contributed by atoms with E-state index in [2.05, 4.69) is 0 Å². The Morgan fingerprint density at radius 2 is 0.759 bits per heavy atom. The first kappa shape index (κ1) is 53.2. The Morgan fingerprint density at radius 1 is 0.537 bits per heavy atom. The lowest BCUT2D eigenvalue weighted by atomic mass is 10.4. The van der Waals surface area contributed by atoms with Gasteiger partial charge < -0.3 is 28.7 Å². The molecule has 2 rings (SSSR count). The summed E-state index contributed by atoms with van der Waals surface area (Å²) in [5.74, 6) is 0. The second-order valence-corrected chi connectivity index (χ2v) is 16.2. The molecule has 0 aliphatic carbocycles. The van der Waals surface area contributed by atoms with E-state index in [4.69, 9.17) is 20.4 Å². The first-order valence-corrected chi connectivity index (χ1v) is 19.1. The normalized spacial score (nSPS) is 14.4. The van der Waals surface area contributed by atoms with Crippen molar-refractivity contribution in [3.8, 4) is 0 Å². The predicted octanol–water partition coefficient (Wildman–Crippen LogP) is 0.416. The number of alkyl halides is 12. The highest BCUT2D eigenvalue weighted by atomic mass is 32.3. The van der Waals surface area contributed by atoms with E-state index in [1.165, 1.54) is 0 Å². The Morgan fingerprint density at radius 3 is 0.907 bits per heavy atom. The van der Waals surface area contributed by atoms with Crippen molar-refractivity contribution in [3.05, 3.63) is 45.7 Å². The molecule has 0 spiro atoms. The van der Waals surface area contributed by atoms with Crippen molar-refractivity contribution in [2.45, 2.75) is 74.3 Å². The number of nitrogens with zero attached hydrogens (tertiary/aromatic N) is 6. The quantitative estimate of drug-likeness (QED) is 0.167. The molecule has 0 aromatic carbocycles. The lowest BCUT2D eigenvalue weighted by molar-refractivity contribution is -0.703. The molecule has 0 bridgehead atoms. The number of halogens is 12. The van der Waals surface area contributed by atoms with Gasteiger partial charge in [0, 0.05) is 0 Å². The SMILES string of the molecule is CCn1cc[n+](CC(O)CO)c1.CCn1cc[n+](CC(O)CO)c1.O=S(=O)([N-]S(=O)(=O)C(F)(F)F)C(F)(F)F.O=S(=O)([N-]S(=O)(=O)C(F)(F)F)C(F)(F)F. The van der Waals surface area contributed by atoms with Crippen LogP contribution in [-0.2, 0) is 66.3 Å². The molecule has 2 atom stereocenters. The molecule has 0 radical (unpaired) electrons. The van der Waals surface area contributed by atoms with Gasteiger partial charge in [-0.25, -0.2) is 51.9 Å². The fourth-order valence-electron chi connectivity index (χ4n) is 2.50. The fourth-order valence-corrected chi connectivity index (χ4v) is 5.92. The molecule has 0 aliphatic rings. The number of hydrogen-bond donors (Lipinski definition) is 4. The van der Waals surface area contributed by atoms with E-state index in [-0.39, 0.29) is 13.2 Å². The molecule has 0 saturated carbocycles. The molecule has 0 fully saturated rings. The first-order valence-electron chi connectivity index (χ1n) is 13.3. The van der Waals surface area contributed by atoms with Crippen LogP contribution in [0.25, 0.3) is 8.25 Å². The van der Waals surface area contributed by atoms with Gasteiger partial charge >= 0.3 is 22.0 Å². The van der Waals surface area contributed by atoms with Crippen molar-refractivity contribution in [1.29, 1.82) is 0 Å². The zero-order valence-electron chi connectivity index (χ0n) is 26.8. The number of aliphatic hydroxyl groups excluding tert-OH is 4. The monoisotopic (exact) mass is 902 g/mol. The average molecular weight is 903 g/mol. The van der Waals surface area contributed by atoms with E-state index in [9.17, 15) is 86.4 Å². The summed E-state index contributed by atoms with van der Waals surface area (Å²) in [6.07, 6.45) is 10.1. The number of hydrogen-bond acceptors (Lipinski definition) is 12. The minimum atomic E-state index is -6.72. The molecule has 4 N–H and O–H groups in total. The lowest BCUT2D eigenvalue weighted by Crippen LogP contribution is -2.39. The van der Waals surface area contributed by atoms with Gasteiger partial charge in [0.15, 0.2) is 40.1 Å². The smallest absolute Gasteiger partial charge is 0.421 e. The topological polar surface area (TPSA) is 263 Å². The Hall–Kier alpha value is -2.86. The zero-order valence-corrected chi connectivity index (χ0v) is 30.0. The van der Waals surface area contributed by atoms with Crippen molar-refractivity contribution in [3.63, 3.8) is 0 Å². The van der Waals surface area contributed by atoms with Gasteiger partial charge in [-0.2, -0.15) is 52.7 Å². The van der Waals surface area contributed by atoms with Crippen LogP contribution in [0.5, 0.6) is 0 Å². The summed E-state index contributed by atoms with van der Waals surface area (Å²) < 4.78 is 226. The van der Waals surface area contributed by atoms with Crippen molar-refractivity contribution in [2.24, 2.45) is 0 Å². The highest BCUT2D eigenvalue weighted by Crippen LogP contribution is 2.37. The van der Waals surface area contributed by atoms with E-state index in [1.54, 1.807) is 0 Å². The van der Waals surface area contributed by atoms with Gasteiger partial charge in [0.1, 0.15) is 50.1 Å². The van der Waals surface area contributed by atoms with E-state index in [1.807, 2.05) is 69.6 Å². The molecule has 54 heavy (non-hydrogen) atoms. The Balaban J connectivity index is 0. The number of aryl methyl sites for hydroxylation is 2. The third-order valence-corrected chi connectivity index (χ3v) is 10.5. The van der Waals surface area contributed by atoms with Crippen molar-refractivity contribution >= 4 is 40.1 Å². The number of sulfonamides is 4. The molecule has 0 saturated heterocycles. The van der Waals surface area contributed by atoms with Gasteiger partial charge in [-0.1, -0.05) is 0 Å². The minimum Gasteiger partial charge on any atom is -0.421 e. The number of aromatic nitrogens is 4. The Bertz CT molecular complexity index is 1660. The van der Waals surface area contributed by atoms with Crippen LogP contribution < -0.4 is 9.13 Å². The molecule has 2 heterocycles. The van der Waals surface area contributed by atoms with E-state index in [0.29, 0.717) is 13.1 Å². The van der Waals surface area contributed by atoms with Crippen LogP contribution in [-0.4, -0.2) is 111 Å². The maximum atomic E-state index is 11.4. The molecular weight excluding hydrogens is 872 g/mol. The van der Waals surface area contributed by atoms with Gasteiger partial charge in [0.05, 0.1) is 26.3 Å². The largest absolute Gasteiger partial charge is 0.480 e. The van der Waals surface area contributed by atoms with Crippen molar-refractivity contribution < 1.29 is 116 Å². The minimum absolute atomic E-state index is 0.190. The highest BCUT2D eigenvalue weighted by molar-refractivity contribution is 8.13. The van der Waals surface area contributed by atoms with E-state index in [0.717, 1.165) is 21.3 Å². The van der Waals surface area contributed by atoms with Gasteiger partial charge in [-0.05, 0) is 13.8 Å². The van der Waals surface area contributed by atoms with Crippen molar-refractivity contribution in [1.82, 2.24) is 9.13 Å². The first-order chi connectivity index (χ1) is 23.9. The van der Waals surface area contributed by atoms with Crippen molar-refractivity contribution in [2.75, 3.05) is 13.2 Å². The molecule has 2 aromatic rings. The molecule has 2 unspecified atom stereocenters. The summed E-state index contributed by atoms with van der Waals surface area (Å²) in [4.78, 5) is 0. The number of imidazole rings is 2. The standard InChI is InChI=1S/2C8H15N2O2.2C2F6NO4S2/c2*1-2-9-3-4-10(7-9)5-8(12)6-11;2*3-1(4,5)14(10,11)9-15(12,13)2(6,7)8/h2*3-4,7-8,11-12H,2,5-6H2,1H3;;/q2*+1;2*-1. The predicted molar refractivity (Wildman–Crippen MR) is 153 cm³/mol. The molecule has 18 nitrogen and oxygen atoms in total. The van der Waals surface area contributed by atoms with Crippen LogP contribution in [0.15, 0.2) is 37.4 Å². The van der Waals surface area contributed by atoms with Gasteiger partial charge in [0.2, 0.25) is 12.7 Å². The molecular formula is C20H30F12N6O12S4. The summed E-state index contributed by atoms with van der Waals surface area (Å²) in [6, 6.07) is 0. The van der Waals surface area contributed by atoms with E-state index < -0.39 is 74.3 Å². The summed E-state index contributed by atoms with van der Waals surface area (Å²) in [5.41, 5.74) is -24.8. The second-order valence-electron chi connectivity index (χ2n) is 9.39. The van der Waals surface area contributed by atoms with Gasteiger partial charge in [0.25, 0.3) is 0 Å². The molecule has 2 aromatic heterocycles. The van der Waals surface area contributed by atoms with E-state index >= 15 is 0 Å². The molecule has 0 amide bonds. The van der Waals surface area contributed by atoms with Crippen LogP contribution in [0, 0.1) is 0 Å². The summed E-state index contributed by atoms with van der Waals surface area (Å²) >= 11 is 0. The lowest BCUT2D eigenvalue weighted by Gasteiger charge is -2.22. The summed E-state index contributed by atoms with van der Waals surface area (Å²) in [7, 11) is -26.9. The molecule has 0 aliphatic heterocycles. The third kappa shape index (κ3) is 18.2. The Kier molecular flexibility index (Phi) is 20.1. The number of rotatable bonds is 12. The van der Waals surface area contributed by atoms with Crippen LogP contribution in [0.1, 0.15) is 13.8 Å². The molecule has 320 valence electrons. The maximum Gasteiger partial charge on any atom is 0.480 e. The second kappa shape index (κ2) is 20.3. The zero-order chi connectivity index (χ0) is 43.4. The highest BCUT2D eigenvalue weighted by Gasteiger charge is 2.48.